The molecule has 0 radical (unpaired) electrons. The van der Waals surface area contributed by atoms with Crippen molar-refractivity contribution in [1.82, 2.24) is 4.90 Å². The SMILES string of the molecule is Oc1ccccc1CN1CC2CC(C1)S2. The third-order valence-corrected chi connectivity index (χ3v) is 4.67. The molecule has 1 aromatic carbocycles. The number of phenols is 1. The summed E-state index contributed by atoms with van der Waals surface area (Å²) in [5, 5.41) is 11.4. The van der Waals surface area contributed by atoms with E-state index in [2.05, 4.69) is 16.7 Å². The molecular weight excluding hydrogens is 206 g/mol. The molecule has 1 N–H and O–H groups in total. The monoisotopic (exact) mass is 221 g/mol. The molecule has 2 bridgehead atoms. The molecule has 3 fully saturated rings. The number of benzene rings is 1. The average molecular weight is 221 g/mol. The molecule has 4 rings (SSSR count). The molecule has 2 nitrogen and oxygen atoms in total. The molecule has 0 aliphatic carbocycles. The predicted molar refractivity (Wildman–Crippen MR) is 63.2 cm³/mol. The maximum absolute atomic E-state index is 9.69. The van der Waals surface area contributed by atoms with Gasteiger partial charge < -0.3 is 5.11 Å². The molecule has 3 aliphatic heterocycles. The number of piperidine rings is 1. The highest BCUT2D eigenvalue weighted by Gasteiger charge is 2.37. The van der Waals surface area contributed by atoms with E-state index in [0.717, 1.165) is 22.6 Å². The lowest BCUT2D eigenvalue weighted by molar-refractivity contribution is 0.213. The minimum atomic E-state index is 0.435. The summed E-state index contributed by atoms with van der Waals surface area (Å²) < 4.78 is 0. The van der Waals surface area contributed by atoms with Gasteiger partial charge in [0.05, 0.1) is 0 Å². The van der Waals surface area contributed by atoms with Crippen molar-refractivity contribution in [1.29, 1.82) is 0 Å². The van der Waals surface area contributed by atoms with Crippen LogP contribution in [0.2, 0.25) is 0 Å². The van der Waals surface area contributed by atoms with Crippen molar-refractivity contribution >= 4 is 11.8 Å². The van der Waals surface area contributed by atoms with E-state index >= 15 is 0 Å². The number of aromatic hydroxyl groups is 1. The fourth-order valence-electron chi connectivity index (χ4n) is 2.45. The zero-order chi connectivity index (χ0) is 10.3. The van der Waals surface area contributed by atoms with Gasteiger partial charge in [0.2, 0.25) is 0 Å². The molecule has 0 amide bonds. The maximum atomic E-state index is 9.69. The summed E-state index contributed by atoms with van der Waals surface area (Å²) in [5.74, 6) is 0.435. The van der Waals surface area contributed by atoms with Gasteiger partial charge in [-0.15, -0.1) is 0 Å². The van der Waals surface area contributed by atoms with Crippen molar-refractivity contribution in [3.05, 3.63) is 29.8 Å². The molecule has 0 saturated carbocycles. The van der Waals surface area contributed by atoms with Crippen LogP contribution in [-0.2, 0) is 6.54 Å². The molecule has 1 aromatic rings. The van der Waals surface area contributed by atoms with Crippen molar-refractivity contribution < 1.29 is 5.11 Å². The molecule has 0 spiro atoms. The number of hydrogen-bond acceptors (Lipinski definition) is 3. The first-order valence-electron chi connectivity index (χ1n) is 5.46. The minimum Gasteiger partial charge on any atom is -0.508 e. The highest BCUT2D eigenvalue weighted by molar-refractivity contribution is 8.02. The van der Waals surface area contributed by atoms with E-state index in [-0.39, 0.29) is 0 Å². The molecular formula is C12H15NOS. The molecule has 2 unspecified atom stereocenters. The van der Waals surface area contributed by atoms with Crippen LogP contribution >= 0.6 is 11.8 Å². The molecule has 3 aliphatic rings. The van der Waals surface area contributed by atoms with Crippen LogP contribution in [0, 0.1) is 0 Å². The van der Waals surface area contributed by atoms with Gasteiger partial charge in [-0.05, 0) is 12.5 Å². The van der Waals surface area contributed by atoms with Crippen LogP contribution in [0.3, 0.4) is 0 Å². The second-order valence-corrected chi connectivity index (χ2v) is 6.04. The van der Waals surface area contributed by atoms with Crippen LogP contribution in [0.5, 0.6) is 5.75 Å². The Morgan fingerprint density at radius 2 is 1.93 bits per heavy atom. The fourth-order valence-corrected chi connectivity index (χ4v) is 3.92. The van der Waals surface area contributed by atoms with E-state index in [1.807, 2.05) is 18.2 Å². The summed E-state index contributed by atoms with van der Waals surface area (Å²) in [6.45, 7) is 3.28. The Bertz CT molecular complexity index is 352. The lowest BCUT2D eigenvalue weighted by Crippen LogP contribution is -2.50. The second-order valence-electron chi connectivity index (χ2n) is 4.44. The summed E-state index contributed by atoms with van der Waals surface area (Å²) in [4.78, 5) is 2.46. The summed E-state index contributed by atoms with van der Waals surface area (Å²) in [7, 11) is 0. The average Bonchev–Trinajstić information content (AvgIpc) is 2.21. The Kier molecular flexibility index (Phi) is 2.37. The zero-order valence-corrected chi connectivity index (χ0v) is 9.41. The largest absolute Gasteiger partial charge is 0.508 e. The van der Waals surface area contributed by atoms with Crippen LogP contribution in [0.1, 0.15) is 12.0 Å². The first-order chi connectivity index (χ1) is 7.31. The van der Waals surface area contributed by atoms with Crippen molar-refractivity contribution in [3.63, 3.8) is 0 Å². The lowest BCUT2D eigenvalue weighted by atomic mass is 10.1. The van der Waals surface area contributed by atoms with Crippen LogP contribution in [0.15, 0.2) is 24.3 Å². The molecule has 3 heterocycles. The number of para-hydroxylation sites is 1. The molecule has 2 atom stereocenters. The second kappa shape index (κ2) is 3.72. The first kappa shape index (κ1) is 9.55. The third kappa shape index (κ3) is 1.86. The quantitative estimate of drug-likeness (QED) is 0.827. The van der Waals surface area contributed by atoms with E-state index in [9.17, 15) is 5.11 Å². The number of nitrogens with zero attached hydrogens (tertiary/aromatic N) is 1. The Morgan fingerprint density at radius 1 is 1.27 bits per heavy atom. The van der Waals surface area contributed by atoms with Gasteiger partial charge in [-0.2, -0.15) is 11.8 Å². The Morgan fingerprint density at radius 3 is 2.60 bits per heavy atom. The molecule has 15 heavy (non-hydrogen) atoms. The van der Waals surface area contributed by atoms with Crippen LogP contribution in [-0.4, -0.2) is 33.6 Å². The highest BCUT2D eigenvalue weighted by atomic mass is 32.2. The van der Waals surface area contributed by atoms with E-state index in [0.29, 0.717) is 5.75 Å². The van der Waals surface area contributed by atoms with Gasteiger partial charge >= 0.3 is 0 Å². The molecule has 3 heteroatoms. The van der Waals surface area contributed by atoms with Gasteiger partial charge in [-0.3, -0.25) is 4.90 Å². The lowest BCUT2D eigenvalue weighted by Gasteiger charge is -2.46. The van der Waals surface area contributed by atoms with E-state index in [1.54, 1.807) is 6.07 Å². The number of rotatable bonds is 2. The van der Waals surface area contributed by atoms with Crippen LogP contribution < -0.4 is 0 Å². The van der Waals surface area contributed by atoms with Crippen molar-refractivity contribution in [2.75, 3.05) is 13.1 Å². The Labute approximate surface area is 94.3 Å². The van der Waals surface area contributed by atoms with Gasteiger partial charge in [0.15, 0.2) is 0 Å². The van der Waals surface area contributed by atoms with E-state index < -0.39 is 0 Å². The van der Waals surface area contributed by atoms with Gasteiger partial charge in [-0.1, -0.05) is 18.2 Å². The first-order valence-corrected chi connectivity index (χ1v) is 6.40. The highest BCUT2D eigenvalue weighted by Crippen LogP contribution is 2.42. The summed E-state index contributed by atoms with van der Waals surface area (Å²) in [6, 6.07) is 7.66. The zero-order valence-electron chi connectivity index (χ0n) is 8.60. The van der Waals surface area contributed by atoms with Crippen molar-refractivity contribution in [3.8, 4) is 5.75 Å². The number of phenolic OH excluding ortho intramolecular Hbond substituents is 1. The third-order valence-electron chi connectivity index (χ3n) is 3.22. The summed E-state index contributed by atoms with van der Waals surface area (Å²) in [6.07, 6.45) is 1.40. The van der Waals surface area contributed by atoms with E-state index in [1.165, 1.54) is 19.5 Å². The van der Waals surface area contributed by atoms with Gasteiger partial charge in [0.25, 0.3) is 0 Å². The standard InChI is InChI=1S/C12H15NOS/c14-12-4-2-1-3-9(12)6-13-7-10-5-11(8-13)15-10/h1-4,10-11,14H,5-8H2. The van der Waals surface area contributed by atoms with E-state index in [4.69, 9.17) is 0 Å². The smallest absolute Gasteiger partial charge is 0.120 e. The minimum absolute atomic E-state index is 0.435. The Balaban J connectivity index is 1.68. The number of thioether (sulfide) groups is 1. The predicted octanol–water partition coefficient (Wildman–Crippen LogP) is 2.08. The maximum Gasteiger partial charge on any atom is 0.120 e. The topological polar surface area (TPSA) is 23.5 Å². The van der Waals surface area contributed by atoms with Crippen LogP contribution in [0.4, 0.5) is 0 Å². The fraction of sp³-hybridized carbons (Fsp3) is 0.500. The van der Waals surface area contributed by atoms with Gasteiger partial charge in [0, 0.05) is 35.7 Å². The molecule has 0 aromatic heterocycles. The Hall–Kier alpha value is -0.670. The number of fused-ring (bicyclic) bond motifs is 2. The summed E-state index contributed by atoms with van der Waals surface area (Å²) >= 11 is 2.13. The number of hydrogen-bond donors (Lipinski definition) is 1. The van der Waals surface area contributed by atoms with Crippen molar-refractivity contribution in [2.24, 2.45) is 0 Å². The van der Waals surface area contributed by atoms with Crippen molar-refractivity contribution in [2.45, 2.75) is 23.5 Å². The van der Waals surface area contributed by atoms with Gasteiger partial charge in [0.1, 0.15) is 5.75 Å². The normalized spacial score (nSPS) is 29.9. The van der Waals surface area contributed by atoms with Crippen LogP contribution in [0.25, 0.3) is 0 Å². The molecule has 80 valence electrons. The van der Waals surface area contributed by atoms with Gasteiger partial charge in [-0.25, -0.2) is 0 Å². The molecule has 3 saturated heterocycles. The summed E-state index contributed by atoms with van der Waals surface area (Å²) in [5.41, 5.74) is 1.06.